The molecule has 0 aromatic heterocycles. The second-order valence-electron chi connectivity index (χ2n) is 11.6. The van der Waals surface area contributed by atoms with Gasteiger partial charge in [0.15, 0.2) is 0 Å². The first-order valence-corrected chi connectivity index (χ1v) is 15.3. The summed E-state index contributed by atoms with van der Waals surface area (Å²) < 4.78 is 0. The van der Waals surface area contributed by atoms with E-state index in [0.29, 0.717) is 12.3 Å². The molecule has 1 saturated heterocycles. The number of amides is 1. The number of unbranched alkanes of at least 4 members (excludes halogenated alkanes) is 3. The molecule has 1 aliphatic heterocycles. The lowest BCUT2D eigenvalue weighted by atomic mass is 9.76. The van der Waals surface area contributed by atoms with Crippen LogP contribution in [0.15, 0.2) is 30.3 Å². The van der Waals surface area contributed by atoms with Crippen molar-refractivity contribution in [3.63, 3.8) is 0 Å². The molecule has 5 heteroatoms. The number of nitrogens with zero attached hydrogens (tertiary/aromatic N) is 2. The molecule has 5 nitrogen and oxygen atoms in total. The Morgan fingerprint density at radius 1 is 1.00 bits per heavy atom. The van der Waals surface area contributed by atoms with Gasteiger partial charge in [-0.25, -0.2) is 0 Å². The van der Waals surface area contributed by atoms with E-state index in [-0.39, 0.29) is 29.7 Å². The summed E-state index contributed by atoms with van der Waals surface area (Å²) in [5.41, 5.74) is 1.38. The first-order valence-electron chi connectivity index (χ1n) is 15.3. The molecule has 1 amide bonds. The fourth-order valence-electron chi connectivity index (χ4n) is 6.36. The van der Waals surface area contributed by atoms with E-state index in [0.717, 1.165) is 58.3 Å². The predicted octanol–water partition coefficient (Wildman–Crippen LogP) is 5.87. The van der Waals surface area contributed by atoms with Crippen molar-refractivity contribution < 1.29 is 9.59 Å². The number of hydrogen-bond acceptors (Lipinski definition) is 4. The van der Waals surface area contributed by atoms with Gasteiger partial charge in [0.1, 0.15) is 5.78 Å². The molecule has 3 atom stereocenters. The molecule has 37 heavy (non-hydrogen) atoms. The lowest BCUT2D eigenvalue weighted by Gasteiger charge is -2.36. The summed E-state index contributed by atoms with van der Waals surface area (Å²) in [4.78, 5) is 31.9. The molecule has 208 valence electrons. The van der Waals surface area contributed by atoms with Crippen LogP contribution in [0.2, 0.25) is 0 Å². The molecule has 1 heterocycles. The van der Waals surface area contributed by atoms with Crippen molar-refractivity contribution in [3.8, 4) is 0 Å². The zero-order valence-electron chi connectivity index (χ0n) is 23.9. The molecule has 2 fully saturated rings. The van der Waals surface area contributed by atoms with E-state index in [9.17, 15) is 9.59 Å². The largest absolute Gasteiger partial charge is 0.338 e. The van der Waals surface area contributed by atoms with Crippen LogP contribution in [0.4, 0.5) is 0 Å². The number of Topliss-reactive ketones (excluding diaryl/α,β-unsaturated/α-hetero) is 1. The van der Waals surface area contributed by atoms with Crippen molar-refractivity contribution in [2.45, 2.75) is 109 Å². The predicted molar refractivity (Wildman–Crippen MR) is 154 cm³/mol. The minimum absolute atomic E-state index is 0.147. The highest BCUT2D eigenvalue weighted by Crippen LogP contribution is 2.35. The summed E-state index contributed by atoms with van der Waals surface area (Å²) in [6.45, 7) is 8.15. The van der Waals surface area contributed by atoms with Gasteiger partial charge in [-0.05, 0) is 70.5 Å². The summed E-state index contributed by atoms with van der Waals surface area (Å²) in [6.07, 6.45) is 14.5. The van der Waals surface area contributed by atoms with Gasteiger partial charge in [-0.2, -0.15) is 0 Å². The zero-order chi connectivity index (χ0) is 26.5. The number of benzene rings is 1. The van der Waals surface area contributed by atoms with Gasteiger partial charge >= 0.3 is 0 Å². The third kappa shape index (κ3) is 9.51. The molecule has 0 radical (unpaired) electrons. The Hall–Kier alpha value is -1.72. The Morgan fingerprint density at radius 3 is 2.46 bits per heavy atom. The van der Waals surface area contributed by atoms with Crippen LogP contribution in [0.1, 0.15) is 96.5 Å². The average molecular weight is 512 g/mol. The van der Waals surface area contributed by atoms with Gasteiger partial charge in [0.25, 0.3) is 0 Å². The first-order chi connectivity index (χ1) is 18.0. The van der Waals surface area contributed by atoms with E-state index in [1.54, 1.807) is 0 Å². The minimum Gasteiger partial charge on any atom is -0.338 e. The van der Waals surface area contributed by atoms with Gasteiger partial charge in [-0.15, -0.1) is 0 Å². The number of carbonyl (C=O) groups is 2. The topological polar surface area (TPSA) is 52.7 Å². The van der Waals surface area contributed by atoms with E-state index in [1.165, 1.54) is 50.5 Å². The van der Waals surface area contributed by atoms with Crippen molar-refractivity contribution in [2.75, 3.05) is 33.2 Å². The van der Waals surface area contributed by atoms with E-state index >= 15 is 0 Å². The molecule has 2 aliphatic rings. The quantitative estimate of drug-likeness (QED) is 0.282. The molecule has 1 N–H and O–H groups in total. The number of likely N-dealkylation sites (N-methyl/N-ethyl adjacent to an activating group) is 1. The maximum atomic E-state index is 14.1. The molecule has 0 spiro atoms. The smallest absolute Gasteiger partial charge is 0.226 e. The normalized spacial score (nSPS) is 20.3. The summed E-state index contributed by atoms with van der Waals surface area (Å²) in [7, 11) is 1.83. The summed E-state index contributed by atoms with van der Waals surface area (Å²) >= 11 is 0. The molecule has 1 saturated carbocycles. The SMILES string of the molecule is CCCCCCN(CCc1ccccc1)C[C@@H]1CCCN1C(=O)[C@@H](CC(=O)[C@H](C)NC)C1CCCCC1. The third-order valence-corrected chi connectivity index (χ3v) is 8.89. The van der Waals surface area contributed by atoms with E-state index < -0.39 is 0 Å². The van der Waals surface area contributed by atoms with Crippen LogP contribution in [-0.2, 0) is 16.0 Å². The van der Waals surface area contributed by atoms with Crippen LogP contribution < -0.4 is 5.32 Å². The number of nitrogens with one attached hydrogen (secondary N) is 1. The standard InChI is InChI=1S/C32H53N3O2/c1-4-5-6-13-21-34(23-20-27-15-9-7-10-16-27)25-29-19-14-22-35(29)32(37)30(24-31(36)26(2)33-3)28-17-11-8-12-18-28/h7,9-10,15-16,26,28-30,33H,4-6,8,11-14,17-25H2,1-3H3/t26-,29-,30-/m0/s1. The lowest BCUT2D eigenvalue weighted by molar-refractivity contribution is -0.142. The molecule has 0 unspecified atom stereocenters. The average Bonchev–Trinajstić information content (AvgIpc) is 3.40. The van der Waals surface area contributed by atoms with Crippen LogP contribution in [0.3, 0.4) is 0 Å². The first kappa shape index (κ1) is 29.8. The van der Waals surface area contributed by atoms with Crippen LogP contribution in [0.25, 0.3) is 0 Å². The maximum Gasteiger partial charge on any atom is 0.226 e. The Kier molecular flexibility index (Phi) is 13.1. The highest BCUT2D eigenvalue weighted by molar-refractivity contribution is 5.90. The molecule has 1 aromatic carbocycles. The Bertz CT molecular complexity index is 792. The molecular formula is C32H53N3O2. The van der Waals surface area contributed by atoms with Crippen LogP contribution >= 0.6 is 0 Å². The van der Waals surface area contributed by atoms with Crippen LogP contribution in [-0.4, -0.2) is 66.8 Å². The molecule has 1 aromatic rings. The Labute approximate surface area is 226 Å². The third-order valence-electron chi connectivity index (χ3n) is 8.89. The number of rotatable bonds is 16. The van der Waals surface area contributed by atoms with E-state index in [4.69, 9.17) is 0 Å². The van der Waals surface area contributed by atoms with Crippen LogP contribution in [0.5, 0.6) is 0 Å². The van der Waals surface area contributed by atoms with E-state index in [1.807, 2.05) is 14.0 Å². The number of ketones is 1. The maximum absolute atomic E-state index is 14.1. The zero-order valence-corrected chi connectivity index (χ0v) is 23.9. The number of hydrogen-bond donors (Lipinski definition) is 1. The summed E-state index contributed by atoms with van der Waals surface area (Å²) in [5.74, 6) is 0.660. The summed E-state index contributed by atoms with van der Waals surface area (Å²) in [5, 5.41) is 3.09. The van der Waals surface area contributed by atoms with Crippen LogP contribution in [0, 0.1) is 11.8 Å². The van der Waals surface area contributed by atoms with Crippen molar-refractivity contribution >= 4 is 11.7 Å². The van der Waals surface area contributed by atoms with Gasteiger partial charge < -0.3 is 15.1 Å². The number of carbonyl (C=O) groups excluding carboxylic acids is 2. The molecular weight excluding hydrogens is 458 g/mol. The number of likely N-dealkylation sites (tertiary alicyclic amines) is 1. The fourth-order valence-corrected chi connectivity index (χ4v) is 6.36. The van der Waals surface area contributed by atoms with Crippen molar-refractivity contribution in [1.29, 1.82) is 0 Å². The van der Waals surface area contributed by atoms with Crippen molar-refractivity contribution in [1.82, 2.24) is 15.1 Å². The van der Waals surface area contributed by atoms with Gasteiger partial charge in [0, 0.05) is 38.0 Å². The van der Waals surface area contributed by atoms with Gasteiger partial charge in [-0.3, -0.25) is 9.59 Å². The molecule has 0 bridgehead atoms. The summed E-state index contributed by atoms with van der Waals surface area (Å²) in [6, 6.07) is 10.9. The lowest BCUT2D eigenvalue weighted by Crippen LogP contribution is -2.48. The minimum atomic E-state index is -0.190. The molecule has 1 aliphatic carbocycles. The van der Waals surface area contributed by atoms with Gasteiger partial charge in [-0.1, -0.05) is 75.8 Å². The monoisotopic (exact) mass is 511 g/mol. The van der Waals surface area contributed by atoms with Gasteiger partial charge in [0.05, 0.1) is 6.04 Å². The molecule has 3 rings (SSSR count). The highest BCUT2D eigenvalue weighted by atomic mass is 16.2. The van der Waals surface area contributed by atoms with Crippen molar-refractivity contribution in [2.24, 2.45) is 11.8 Å². The van der Waals surface area contributed by atoms with Crippen molar-refractivity contribution in [3.05, 3.63) is 35.9 Å². The Morgan fingerprint density at radius 2 is 1.76 bits per heavy atom. The van der Waals surface area contributed by atoms with E-state index in [2.05, 4.69) is 52.4 Å². The fraction of sp³-hybridized carbons (Fsp3) is 0.750. The second-order valence-corrected chi connectivity index (χ2v) is 11.6. The highest BCUT2D eigenvalue weighted by Gasteiger charge is 2.39. The van der Waals surface area contributed by atoms with Gasteiger partial charge in [0.2, 0.25) is 5.91 Å². The Balaban J connectivity index is 1.68. The second kappa shape index (κ2) is 16.3.